The molecule has 0 spiro atoms. The molecule has 5 heteroatoms. The van der Waals surface area contributed by atoms with Crippen molar-refractivity contribution < 1.29 is 4.74 Å². The number of aryl methyl sites for hydroxylation is 1. The molecule has 0 saturated carbocycles. The van der Waals surface area contributed by atoms with Crippen molar-refractivity contribution in [2.45, 2.75) is 20.0 Å². The molecule has 20 heavy (non-hydrogen) atoms. The third-order valence-electron chi connectivity index (χ3n) is 3.09. The largest absolute Gasteiger partial charge is 0.378 e. The van der Waals surface area contributed by atoms with Crippen LogP contribution in [0.2, 0.25) is 0 Å². The highest BCUT2D eigenvalue weighted by Gasteiger charge is 2.12. The van der Waals surface area contributed by atoms with Gasteiger partial charge in [0.05, 0.1) is 16.8 Å². The fourth-order valence-electron chi connectivity index (χ4n) is 2.00. The first-order valence-corrected chi connectivity index (χ1v) is 7.21. The number of aromatic nitrogens is 2. The molecule has 0 aliphatic carbocycles. The van der Waals surface area contributed by atoms with Crippen molar-refractivity contribution in [2.24, 2.45) is 0 Å². The Labute approximate surface area is 127 Å². The first kappa shape index (κ1) is 14.9. The lowest BCUT2D eigenvalue weighted by Crippen LogP contribution is -2.07. The fourth-order valence-corrected chi connectivity index (χ4v) is 2.49. The predicted molar refractivity (Wildman–Crippen MR) is 84.0 cm³/mol. The smallest absolute Gasteiger partial charge is 0.144 e. The van der Waals surface area contributed by atoms with Gasteiger partial charge in [-0.2, -0.15) is 0 Å². The number of rotatable bonds is 5. The number of nitrogens with zero attached hydrogens (tertiary/aromatic N) is 2. The molecule has 1 N–H and O–H groups in total. The molecule has 2 aromatic rings. The molecular weight excluding hydrogens is 318 g/mol. The summed E-state index contributed by atoms with van der Waals surface area (Å²) in [7, 11) is 3.51. The van der Waals surface area contributed by atoms with Gasteiger partial charge in [-0.1, -0.05) is 24.3 Å². The van der Waals surface area contributed by atoms with E-state index in [1.165, 1.54) is 11.1 Å². The van der Waals surface area contributed by atoms with Crippen LogP contribution >= 0.6 is 15.9 Å². The Balaban J connectivity index is 2.37. The first-order valence-electron chi connectivity index (χ1n) is 6.42. The van der Waals surface area contributed by atoms with Gasteiger partial charge in [0.15, 0.2) is 0 Å². The highest BCUT2D eigenvalue weighted by atomic mass is 79.9. The van der Waals surface area contributed by atoms with Crippen LogP contribution in [0.25, 0.3) is 0 Å². The van der Waals surface area contributed by atoms with Gasteiger partial charge < -0.3 is 10.1 Å². The van der Waals surface area contributed by atoms with Crippen molar-refractivity contribution in [3.8, 4) is 0 Å². The van der Waals surface area contributed by atoms with Crippen molar-refractivity contribution in [1.29, 1.82) is 0 Å². The number of hydrogen-bond donors (Lipinski definition) is 1. The van der Waals surface area contributed by atoms with Crippen LogP contribution in [-0.4, -0.2) is 24.1 Å². The monoisotopic (exact) mass is 335 g/mol. The Morgan fingerprint density at radius 2 is 2.00 bits per heavy atom. The number of anilines is 1. The number of benzene rings is 1. The van der Waals surface area contributed by atoms with Crippen LogP contribution in [0.3, 0.4) is 0 Å². The maximum Gasteiger partial charge on any atom is 0.144 e. The molecule has 0 radical (unpaired) electrons. The summed E-state index contributed by atoms with van der Waals surface area (Å²) in [5.41, 5.74) is 3.34. The average molecular weight is 336 g/mol. The van der Waals surface area contributed by atoms with Gasteiger partial charge in [-0.15, -0.1) is 0 Å². The fraction of sp³-hybridized carbons (Fsp3) is 0.333. The molecule has 0 saturated heterocycles. The Hall–Kier alpha value is -1.46. The minimum absolute atomic E-state index is 0.457. The lowest BCUT2D eigenvalue weighted by atomic mass is 10.1. The van der Waals surface area contributed by atoms with E-state index in [1.54, 1.807) is 7.11 Å². The summed E-state index contributed by atoms with van der Waals surface area (Å²) < 4.78 is 6.05. The summed E-state index contributed by atoms with van der Waals surface area (Å²) in [4.78, 5) is 9.13. The molecule has 4 nitrogen and oxygen atoms in total. The van der Waals surface area contributed by atoms with Crippen molar-refractivity contribution in [3.63, 3.8) is 0 Å². The quantitative estimate of drug-likeness (QED) is 0.910. The predicted octanol–water partition coefficient (Wildman–Crippen LogP) is 3.33. The van der Waals surface area contributed by atoms with E-state index in [4.69, 9.17) is 4.74 Å². The highest BCUT2D eigenvalue weighted by Crippen LogP contribution is 2.24. The number of ether oxygens (including phenoxy) is 1. The van der Waals surface area contributed by atoms with E-state index in [0.717, 1.165) is 21.8 Å². The molecule has 1 aromatic heterocycles. The van der Waals surface area contributed by atoms with E-state index in [1.807, 2.05) is 19.2 Å². The molecule has 1 aromatic carbocycles. The van der Waals surface area contributed by atoms with Gasteiger partial charge in [-0.3, -0.25) is 0 Å². The second-order valence-electron chi connectivity index (χ2n) is 4.54. The molecular formula is C15H18BrN3O. The Bertz CT molecular complexity index is 602. The second kappa shape index (κ2) is 6.81. The molecule has 0 aliphatic heterocycles. The van der Waals surface area contributed by atoms with E-state index in [9.17, 15) is 0 Å². The molecule has 0 unspecified atom stereocenters. The van der Waals surface area contributed by atoms with Crippen LogP contribution in [0.15, 0.2) is 28.7 Å². The Morgan fingerprint density at radius 3 is 2.65 bits per heavy atom. The zero-order chi connectivity index (χ0) is 14.5. The molecule has 106 valence electrons. The topological polar surface area (TPSA) is 47.0 Å². The van der Waals surface area contributed by atoms with Gasteiger partial charge in [0, 0.05) is 20.6 Å². The summed E-state index contributed by atoms with van der Waals surface area (Å²) in [6.07, 6.45) is 0.714. The second-order valence-corrected chi connectivity index (χ2v) is 5.33. The molecule has 0 fully saturated rings. The number of hydrogen-bond acceptors (Lipinski definition) is 4. The average Bonchev–Trinajstić information content (AvgIpc) is 2.45. The van der Waals surface area contributed by atoms with Crippen molar-refractivity contribution in [1.82, 2.24) is 9.97 Å². The molecule has 0 bridgehead atoms. The van der Waals surface area contributed by atoms with Crippen molar-refractivity contribution >= 4 is 21.7 Å². The molecule has 1 heterocycles. The molecule has 2 rings (SSSR count). The van der Waals surface area contributed by atoms with Gasteiger partial charge in [-0.05, 0) is 34.0 Å². The van der Waals surface area contributed by atoms with E-state index >= 15 is 0 Å². The lowest BCUT2D eigenvalue weighted by Gasteiger charge is -2.11. The molecule has 0 amide bonds. The van der Waals surface area contributed by atoms with Crippen LogP contribution < -0.4 is 5.32 Å². The van der Waals surface area contributed by atoms with Gasteiger partial charge in [-0.25, -0.2) is 9.97 Å². The summed E-state index contributed by atoms with van der Waals surface area (Å²) >= 11 is 3.51. The first-order chi connectivity index (χ1) is 9.65. The van der Waals surface area contributed by atoms with Gasteiger partial charge >= 0.3 is 0 Å². The number of halogens is 1. The summed E-state index contributed by atoms with van der Waals surface area (Å²) in [6.45, 7) is 2.56. The Kier molecular flexibility index (Phi) is 5.09. The normalized spacial score (nSPS) is 10.6. The maximum absolute atomic E-state index is 5.19. The SMILES string of the molecule is CNc1nc(Cc2ccccc2C)nc(COC)c1Br. The summed E-state index contributed by atoms with van der Waals surface area (Å²) in [5, 5.41) is 3.08. The van der Waals surface area contributed by atoms with E-state index in [-0.39, 0.29) is 0 Å². The van der Waals surface area contributed by atoms with Gasteiger partial charge in [0.2, 0.25) is 0 Å². The van der Waals surface area contributed by atoms with Crippen molar-refractivity contribution in [2.75, 3.05) is 19.5 Å². The van der Waals surface area contributed by atoms with Gasteiger partial charge in [0.1, 0.15) is 11.6 Å². The van der Waals surface area contributed by atoms with E-state index < -0.39 is 0 Å². The van der Waals surface area contributed by atoms with Crippen molar-refractivity contribution in [3.05, 3.63) is 51.4 Å². The minimum atomic E-state index is 0.457. The van der Waals surface area contributed by atoms with Crippen LogP contribution in [0, 0.1) is 6.92 Å². The maximum atomic E-state index is 5.19. The standard InChI is InChI=1S/C15H18BrN3O/c1-10-6-4-5-7-11(10)8-13-18-12(9-20-3)14(16)15(17-2)19-13/h4-7H,8-9H2,1-3H3,(H,17,18,19). The zero-order valence-electron chi connectivity index (χ0n) is 11.9. The number of nitrogens with one attached hydrogen (secondary N) is 1. The number of methoxy groups -OCH3 is 1. The molecule has 0 aliphatic rings. The zero-order valence-corrected chi connectivity index (χ0v) is 13.5. The summed E-state index contributed by atoms with van der Waals surface area (Å²) in [6, 6.07) is 8.28. The third-order valence-corrected chi connectivity index (χ3v) is 3.93. The van der Waals surface area contributed by atoms with E-state index in [2.05, 4.69) is 50.3 Å². The van der Waals surface area contributed by atoms with Crippen LogP contribution in [0.5, 0.6) is 0 Å². The highest BCUT2D eigenvalue weighted by molar-refractivity contribution is 9.10. The third kappa shape index (κ3) is 3.35. The lowest BCUT2D eigenvalue weighted by molar-refractivity contribution is 0.180. The van der Waals surface area contributed by atoms with E-state index in [0.29, 0.717) is 13.0 Å². The summed E-state index contributed by atoms with van der Waals surface area (Å²) in [5.74, 6) is 1.58. The van der Waals surface area contributed by atoms with Gasteiger partial charge in [0.25, 0.3) is 0 Å². The van der Waals surface area contributed by atoms with Crippen LogP contribution in [-0.2, 0) is 17.8 Å². The van der Waals surface area contributed by atoms with Crippen LogP contribution in [0.4, 0.5) is 5.82 Å². The molecule has 0 atom stereocenters. The minimum Gasteiger partial charge on any atom is -0.378 e. The van der Waals surface area contributed by atoms with Crippen LogP contribution in [0.1, 0.15) is 22.6 Å². The Morgan fingerprint density at radius 1 is 1.25 bits per heavy atom.